The minimum atomic E-state index is -0.103. The van der Waals surface area contributed by atoms with Gasteiger partial charge in [0.2, 0.25) is 0 Å². The lowest BCUT2D eigenvalue weighted by Gasteiger charge is -2.20. The van der Waals surface area contributed by atoms with Crippen LogP contribution in [0.15, 0.2) is 66.8 Å². The summed E-state index contributed by atoms with van der Waals surface area (Å²) in [5.74, 6) is 0.431. The molecule has 0 atom stereocenters. The summed E-state index contributed by atoms with van der Waals surface area (Å²) in [7, 11) is 0. The lowest BCUT2D eigenvalue weighted by Crippen LogP contribution is -2.33. The van der Waals surface area contributed by atoms with Crippen LogP contribution in [0.4, 0.5) is 0 Å². The second kappa shape index (κ2) is 8.30. The van der Waals surface area contributed by atoms with E-state index in [0.29, 0.717) is 29.6 Å². The summed E-state index contributed by atoms with van der Waals surface area (Å²) in [6, 6.07) is 11.9. The summed E-state index contributed by atoms with van der Waals surface area (Å²) in [6.45, 7) is 4.85. The average molecular weight is 350 g/mol. The summed E-state index contributed by atoms with van der Waals surface area (Å²) in [5, 5.41) is 2.40. The minimum absolute atomic E-state index is 0.103. The van der Waals surface area contributed by atoms with E-state index in [1.807, 2.05) is 18.2 Å². The van der Waals surface area contributed by atoms with Crippen LogP contribution in [0.25, 0.3) is 10.8 Å². The SMILES string of the molecule is C=CCN(CCc1ccccc1)C(=O)c1csc(-c2ncccn2)n1. The van der Waals surface area contributed by atoms with Crippen LogP contribution in [0.3, 0.4) is 0 Å². The van der Waals surface area contributed by atoms with Gasteiger partial charge >= 0.3 is 0 Å². The molecule has 3 aromatic rings. The molecule has 126 valence electrons. The fraction of sp³-hybridized carbons (Fsp3) is 0.158. The van der Waals surface area contributed by atoms with E-state index in [1.54, 1.807) is 34.8 Å². The first-order valence-electron chi connectivity index (χ1n) is 7.95. The van der Waals surface area contributed by atoms with Gasteiger partial charge in [-0.3, -0.25) is 4.79 Å². The smallest absolute Gasteiger partial charge is 0.273 e. The van der Waals surface area contributed by atoms with E-state index in [1.165, 1.54) is 16.9 Å². The maximum Gasteiger partial charge on any atom is 0.273 e. The molecule has 0 bridgehead atoms. The summed E-state index contributed by atoms with van der Waals surface area (Å²) >= 11 is 1.37. The van der Waals surface area contributed by atoms with Gasteiger partial charge < -0.3 is 4.90 Å². The molecule has 1 amide bonds. The highest BCUT2D eigenvalue weighted by Crippen LogP contribution is 2.20. The second-order valence-corrected chi connectivity index (χ2v) is 6.24. The summed E-state index contributed by atoms with van der Waals surface area (Å²) in [6.07, 6.45) is 5.85. The molecule has 6 heteroatoms. The Balaban J connectivity index is 1.72. The zero-order valence-electron chi connectivity index (χ0n) is 13.7. The van der Waals surface area contributed by atoms with Gasteiger partial charge in [-0.2, -0.15) is 0 Å². The standard InChI is InChI=1S/C19H18N4OS/c1-2-12-23(13-9-15-7-4-3-5-8-15)19(24)16-14-25-18(22-16)17-20-10-6-11-21-17/h2-8,10-11,14H,1,9,12-13H2. The van der Waals surface area contributed by atoms with Crippen LogP contribution in [0.2, 0.25) is 0 Å². The molecular formula is C19H18N4OS. The minimum Gasteiger partial charge on any atom is -0.333 e. The lowest BCUT2D eigenvalue weighted by molar-refractivity contribution is 0.0770. The number of carbonyl (C=O) groups excluding carboxylic acids is 1. The molecule has 0 aliphatic carbocycles. The van der Waals surface area contributed by atoms with E-state index in [0.717, 1.165) is 6.42 Å². The van der Waals surface area contributed by atoms with E-state index in [2.05, 4.69) is 33.7 Å². The number of hydrogen-bond donors (Lipinski definition) is 0. The number of hydrogen-bond acceptors (Lipinski definition) is 5. The monoisotopic (exact) mass is 350 g/mol. The van der Waals surface area contributed by atoms with Crippen LogP contribution in [0, 0.1) is 0 Å². The van der Waals surface area contributed by atoms with Crippen LogP contribution < -0.4 is 0 Å². The van der Waals surface area contributed by atoms with Crippen molar-refractivity contribution >= 4 is 17.2 Å². The molecule has 3 rings (SSSR count). The highest BCUT2D eigenvalue weighted by atomic mass is 32.1. The van der Waals surface area contributed by atoms with Crippen LogP contribution in [-0.2, 0) is 6.42 Å². The molecule has 0 saturated carbocycles. The molecule has 5 nitrogen and oxygen atoms in total. The maximum atomic E-state index is 12.8. The fourth-order valence-electron chi connectivity index (χ4n) is 2.39. The van der Waals surface area contributed by atoms with Gasteiger partial charge in [0.15, 0.2) is 10.8 Å². The summed E-state index contributed by atoms with van der Waals surface area (Å²) < 4.78 is 0. The normalized spacial score (nSPS) is 10.4. The highest BCUT2D eigenvalue weighted by molar-refractivity contribution is 7.13. The van der Waals surface area contributed by atoms with Crippen LogP contribution in [0.5, 0.6) is 0 Å². The molecule has 25 heavy (non-hydrogen) atoms. The second-order valence-electron chi connectivity index (χ2n) is 5.39. The third-order valence-electron chi connectivity index (χ3n) is 3.63. The Morgan fingerprint density at radius 1 is 1.16 bits per heavy atom. The Morgan fingerprint density at radius 2 is 1.92 bits per heavy atom. The van der Waals surface area contributed by atoms with Crippen molar-refractivity contribution < 1.29 is 4.79 Å². The molecule has 2 aromatic heterocycles. The van der Waals surface area contributed by atoms with Crippen LogP contribution in [-0.4, -0.2) is 38.8 Å². The molecule has 0 aliphatic heterocycles. The average Bonchev–Trinajstić information content (AvgIpc) is 3.16. The molecule has 0 radical (unpaired) electrons. The van der Waals surface area contributed by atoms with Crippen molar-refractivity contribution in [2.45, 2.75) is 6.42 Å². The van der Waals surface area contributed by atoms with Gasteiger partial charge in [0.1, 0.15) is 5.69 Å². The maximum absolute atomic E-state index is 12.8. The van der Waals surface area contributed by atoms with Gasteiger partial charge in [-0.05, 0) is 18.1 Å². The molecule has 0 saturated heterocycles. The number of benzene rings is 1. The molecule has 2 heterocycles. The van der Waals surface area contributed by atoms with Gasteiger partial charge in [0.05, 0.1) is 0 Å². The van der Waals surface area contributed by atoms with E-state index in [9.17, 15) is 4.79 Å². The topological polar surface area (TPSA) is 59.0 Å². The first-order chi connectivity index (χ1) is 12.3. The quantitative estimate of drug-likeness (QED) is 0.612. The van der Waals surface area contributed by atoms with Crippen molar-refractivity contribution in [1.29, 1.82) is 0 Å². The van der Waals surface area contributed by atoms with E-state index in [-0.39, 0.29) is 5.91 Å². The predicted octanol–water partition coefficient (Wildman–Crippen LogP) is 3.47. The van der Waals surface area contributed by atoms with Gasteiger partial charge in [-0.1, -0.05) is 36.4 Å². The summed E-state index contributed by atoms with van der Waals surface area (Å²) in [4.78, 5) is 27.3. The number of amides is 1. The Hall–Kier alpha value is -2.86. The van der Waals surface area contributed by atoms with Gasteiger partial charge in [0.25, 0.3) is 5.91 Å². The number of aromatic nitrogens is 3. The van der Waals surface area contributed by atoms with Crippen molar-refractivity contribution in [2.75, 3.05) is 13.1 Å². The first-order valence-corrected chi connectivity index (χ1v) is 8.83. The van der Waals surface area contributed by atoms with Gasteiger partial charge in [-0.25, -0.2) is 15.0 Å². The Morgan fingerprint density at radius 3 is 2.64 bits per heavy atom. The Labute approximate surface area is 150 Å². The lowest BCUT2D eigenvalue weighted by atomic mass is 10.1. The van der Waals surface area contributed by atoms with Crippen LogP contribution >= 0.6 is 11.3 Å². The molecular weight excluding hydrogens is 332 g/mol. The van der Waals surface area contributed by atoms with Crippen LogP contribution in [0.1, 0.15) is 16.1 Å². The molecule has 0 aliphatic rings. The van der Waals surface area contributed by atoms with Crippen molar-refractivity contribution in [3.8, 4) is 10.8 Å². The number of carbonyl (C=O) groups is 1. The van der Waals surface area contributed by atoms with Gasteiger partial charge in [-0.15, -0.1) is 17.9 Å². The first kappa shape index (κ1) is 17.0. The number of thiazole rings is 1. The number of rotatable bonds is 7. The summed E-state index contributed by atoms with van der Waals surface area (Å²) in [5.41, 5.74) is 1.61. The van der Waals surface area contributed by atoms with Crippen molar-refractivity contribution in [1.82, 2.24) is 19.9 Å². The highest BCUT2D eigenvalue weighted by Gasteiger charge is 2.19. The Kier molecular flexibility index (Phi) is 5.64. The van der Waals surface area contributed by atoms with Crippen molar-refractivity contribution in [2.24, 2.45) is 0 Å². The zero-order chi connectivity index (χ0) is 17.5. The molecule has 0 fully saturated rings. The molecule has 1 aromatic carbocycles. The molecule has 0 N–H and O–H groups in total. The zero-order valence-corrected chi connectivity index (χ0v) is 14.5. The fourth-order valence-corrected chi connectivity index (χ4v) is 3.13. The van der Waals surface area contributed by atoms with Crippen molar-refractivity contribution in [3.63, 3.8) is 0 Å². The number of nitrogens with zero attached hydrogens (tertiary/aromatic N) is 4. The predicted molar refractivity (Wildman–Crippen MR) is 99.4 cm³/mol. The Bertz CT molecular complexity index is 833. The van der Waals surface area contributed by atoms with E-state index in [4.69, 9.17) is 0 Å². The van der Waals surface area contributed by atoms with E-state index >= 15 is 0 Å². The molecule has 0 unspecified atom stereocenters. The van der Waals surface area contributed by atoms with Gasteiger partial charge in [0, 0.05) is 30.9 Å². The molecule has 0 spiro atoms. The van der Waals surface area contributed by atoms with E-state index < -0.39 is 0 Å². The van der Waals surface area contributed by atoms with Crippen molar-refractivity contribution in [3.05, 3.63) is 78.1 Å². The third-order valence-corrected chi connectivity index (χ3v) is 4.47. The third kappa shape index (κ3) is 4.36. The largest absolute Gasteiger partial charge is 0.333 e.